The minimum absolute atomic E-state index is 0.00375. The van der Waals surface area contributed by atoms with E-state index in [1.54, 1.807) is 11.0 Å². The monoisotopic (exact) mass is 580 g/mol. The van der Waals surface area contributed by atoms with Crippen LogP contribution in [0.2, 0.25) is 5.02 Å². The van der Waals surface area contributed by atoms with Crippen LogP contribution < -0.4 is 37.7 Å². The summed E-state index contributed by atoms with van der Waals surface area (Å²) in [5.41, 5.74) is 15.6. The minimum Gasteiger partial charge on any atom is -0.370 e. The number of aliphatic hydroxyl groups is 1. The summed E-state index contributed by atoms with van der Waals surface area (Å²) in [5.74, 6) is 0.0231. The Morgan fingerprint density at radius 1 is 1.29 bits per heavy atom. The molecule has 0 radical (unpaired) electrons. The van der Waals surface area contributed by atoms with Crippen LogP contribution in [-0.4, -0.2) is 41.5 Å². The second-order valence-electron chi connectivity index (χ2n) is 11.1. The molecule has 11 heteroatoms. The van der Waals surface area contributed by atoms with Crippen LogP contribution in [-0.2, 0) is 6.42 Å². The zero-order chi connectivity index (χ0) is 29.1. The Labute approximate surface area is 244 Å². The SMILES string of the molecule is C[C@H](N)CCCc1cc(Cl)c(F)c(-c2cc3c([nH]2)=NC(O)N(c2ccc([C@@H]4CC(CCNC(=N)N)CN4)cc2)C=3)c1. The van der Waals surface area contributed by atoms with Crippen molar-refractivity contribution in [3.63, 3.8) is 0 Å². The van der Waals surface area contributed by atoms with Crippen LogP contribution in [0.25, 0.3) is 17.5 Å². The topological polar surface area (TPSA) is 152 Å². The molecule has 0 bridgehead atoms. The second kappa shape index (κ2) is 12.6. The van der Waals surface area contributed by atoms with Gasteiger partial charge in [-0.05, 0) is 92.9 Å². The highest BCUT2D eigenvalue weighted by Gasteiger charge is 2.26. The molecule has 2 aliphatic heterocycles. The van der Waals surface area contributed by atoms with Crippen molar-refractivity contribution in [2.75, 3.05) is 18.0 Å². The Balaban J connectivity index is 1.31. The zero-order valence-corrected chi connectivity index (χ0v) is 23.9. The van der Waals surface area contributed by atoms with Gasteiger partial charge in [-0.2, -0.15) is 0 Å². The molecule has 9 N–H and O–H groups in total. The third kappa shape index (κ3) is 6.90. The summed E-state index contributed by atoms with van der Waals surface area (Å²) in [4.78, 5) is 9.28. The van der Waals surface area contributed by atoms with Crippen molar-refractivity contribution >= 4 is 29.4 Å². The van der Waals surface area contributed by atoms with Gasteiger partial charge in [-0.15, -0.1) is 0 Å². The summed E-state index contributed by atoms with van der Waals surface area (Å²) in [6, 6.07) is 13.8. The van der Waals surface area contributed by atoms with Crippen molar-refractivity contribution in [3.8, 4) is 11.3 Å². The molecule has 9 nitrogen and oxygen atoms in total. The summed E-state index contributed by atoms with van der Waals surface area (Å²) in [7, 11) is 0. The lowest BCUT2D eigenvalue weighted by Crippen LogP contribution is -2.41. The molecule has 4 atom stereocenters. The number of halogens is 2. The van der Waals surface area contributed by atoms with Gasteiger partial charge in [0.15, 0.2) is 11.8 Å². The average Bonchev–Trinajstić information content (AvgIpc) is 3.57. The third-order valence-corrected chi connectivity index (χ3v) is 8.06. The lowest BCUT2D eigenvalue weighted by Gasteiger charge is -2.25. The molecular weight excluding hydrogens is 543 g/mol. The molecular formula is C30H38ClFN8O. The molecule has 3 aromatic rings. The number of anilines is 1. The van der Waals surface area contributed by atoms with Crippen molar-refractivity contribution in [1.29, 1.82) is 5.41 Å². The summed E-state index contributed by atoms with van der Waals surface area (Å²) >= 11 is 6.25. The van der Waals surface area contributed by atoms with Gasteiger partial charge in [-0.25, -0.2) is 9.38 Å². The second-order valence-corrected chi connectivity index (χ2v) is 11.5. The highest BCUT2D eigenvalue weighted by atomic mass is 35.5. The molecule has 2 aromatic carbocycles. The lowest BCUT2D eigenvalue weighted by atomic mass is 9.97. The van der Waals surface area contributed by atoms with Crippen LogP contribution in [0.3, 0.4) is 0 Å². The number of aryl methyl sites for hydroxylation is 1. The van der Waals surface area contributed by atoms with E-state index in [0.29, 0.717) is 29.2 Å². The van der Waals surface area contributed by atoms with Crippen molar-refractivity contribution in [3.05, 3.63) is 75.1 Å². The summed E-state index contributed by atoms with van der Waals surface area (Å²) in [5, 5.41) is 25.4. The average molecular weight is 581 g/mol. The molecule has 218 valence electrons. The molecule has 2 unspecified atom stereocenters. The molecule has 1 saturated heterocycles. The van der Waals surface area contributed by atoms with Gasteiger partial charge >= 0.3 is 0 Å². The Kier molecular flexibility index (Phi) is 8.94. The predicted molar refractivity (Wildman–Crippen MR) is 161 cm³/mol. The first-order valence-electron chi connectivity index (χ1n) is 14.1. The number of aromatic nitrogens is 1. The van der Waals surface area contributed by atoms with E-state index in [1.807, 2.05) is 37.4 Å². The molecule has 2 aliphatic rings. The number of fused-ring (bicyclic) bond motifs is 1. The highest BCUT2D eigenvalue weighted by Crippen LogP contribution is 2.31. The normalized spacial score (nSPS) is 20.7. The molecule has 3 heterocycles. The van der Waals surface area contributed by atoms with E-state index in [9.17, 15) is 5.11 Å². The number of rotatable bonds is 10. The fourth-order valence-electron chi connectivity index (χ4n) is 5.60. The Morgan fingerprint density at radius 3 is 2.80 bits per heavy atom. The minimum atomic E-state index is -1.12. The van der Waals surface area contributed by atoms with Gasteiger partial charge in [-0.3, -0.25) is 5.41 Å². The number of guanidine groups is 1. The first-order valence-corrected chi connectivity index (χ1v) is 14.5. The van der Waals surface area contributed by atoms with Crippen LogP contribution in [0, 0.1) is 17.1 Å². The van der Waals surface area contributed by atoms with E-state index in [4.69, 9.17) is 28.5 Å². The molecule has 1 aromatic heterocycles. The van der Waals surface area contributed by atoms with Gasteiger partial charge in [-0.1, -0.05) is 23.7 Å². The Hall–Kier alpha value is -3.44. The first-order chi connectivity index (χ1) is 19.7. The van der Waals surface area contributed by atoms with Crippen molar-refractivity contribution in [1.82, 2.24) is 15.6 Å². The number of aromatic amines is 1. The number of aliphatic hydroxyl groups excluding tert-OH is 1. The Bertz CT molecular complexity index is 1510. The third-order valence-electron chi connectivity index (χ3n) is 7.78. The van der Waals surface area contributed by atoms with Crippen LogP contribution in [0.5, 0.6) is 0 Å². The number of nitrogens with zero attached hydrogens (tertiary/aromatic N) is 2. The molecule has 0 aliphatic carbocycles. The fourth-order valence-corrected chi connectivity index (χ4v) is 5.84. The molecule has 0 spiro atoms. The number of nitrogens with one attached hydrogen (secondary N) is 4. The summed E-state index contributed by atoms with van der Waals surface area (Å²) in [6.45, 7) is 3.59. The maximum atomic E-state index is 15.1. The number of H-pyrrole nitrogens is 1. The van der Waals surface area contributed by atoms with Gasteiger partial charge in [0, 0.05) is 41.3 Å². The van der Waals surface area contributed by atoms with Crippen LogP contribution in [0.15, 0.2) is 47.5 Å². The van der Waals surface area contributed by atoms with Gasteiger partial charge in [0.25, 0.3) is 0 Å². The van der Waals surface area contributed by atoms with E-state index in [2.05, 4.69) is 32.7 Å². The molecule has 5 rings (SSSR count). The molecule has 0 saturated carbocycles. The largest absolute Gasteiger partial charge is 0.370 e. The van der Waals surface area contributed by atoms with E-state index in [1.165, 1.54) is 5.56 Å². The molecule has 0 amide bonds. The van der Waals surface area contributed by atoms with Crippen LogP contribution in [0.4, 0.5) is 10.1 Å². The quantitative estimate of drug-likeness (QED) is 0.145. The summed E-state index contributed by atoms with van der Waals surface area (Å²) < 4.78 is 15.1. The van der Waals surface area contributed by atoms with Crippen LogP contribution >= 0.6 is 11.6 Å². The zero-order valence-electron chi connectivity index (χ0n) is 23.1. The molecule has 1 fully saturated rings. The number of hydrogen-bond donors (Lipinski definition) is 7. The number of nitrogens with two attached hydrogens (primary N) is 2. The van der Waals surface area contributed by atoms with Gasteiger partial charge < -0.3 is 37.1 Å². The number of hydrogen-bond acceptors (Lipinski definition) is 6. The van der Waals surface area contributed by atoms with E-state index < -0.39 is 12.2 Å². The highest BCUT2D eigenvalue weighted by molar-refractivity contribution is 6.31. The standard InChI is InChI=1S/C30H38ClFN8O/c1-17(33)3-2-4-18-11-23(27(32)24(31)12-18)26-14-21-16-40(30(41)39-28(21)38-26)22-7-5-20(6-8-22)25-13-19(15-37-25)9-10-36-29(34)35/h5-8,11-12,14,16-17,19,25,30,37,41H,2-4,9-10,13,15,33H2,1H3,(H,38,39)(H4,34,35,36)/t17-,19?,25-,30?/m0/s1. The van der Waals surface area contributed by atoms with E-state index >= 15 is 4.39 Å². The lowest BCUT2D eigenvalue weighted by molar-refractivity contribution is 0.186. The number of benzene rings is 2. The van der Waals surface area contributed by atoms with Gasteiger partial charge in [0.2, 0.25) is 6.35 Å². The molecule has 41 heavy (non-hydrogen) atoms. The van der Waals surface area contributed by atoms with Crippen molar-refractivity contribution in [2.45, 2.75) is 57.5 Å². The summed E-state index contributed by atoms with van der Waals surface area (Å²) in [6.07, 6.45) is 5.17. The maximum absolute atomic E-state index is 15.1. The van der Waals surface area contributed by atoms with Gasteiger partial charge in [0.1, 0.15) is 5.49 Å². The van der Waals surface area contributed by atoms with Gasteiger partial charge in [0.05, 0.1) is 10.7 Å². The van der Waals surface area contributed by atoms with Crippen molar-refractivity contribution < 1.29 is 9.50 Å². The van der Waals surface area contributed by atoms with E-state index in [-0.39, 0.29) is 23.1 Å². The first kappa shape index (κ1) is 29.1. The Morgan fingerprint density at radius 2 is 2.07 bits per heavy atom. The predicted octanol–water partition coefficient (Wildman–Crippen LogP) is 2.82. The van der Waals surface area contributed by atoms with Crippen molar-refractivity contribution in [2.24, 2.45) is 22.4 Å². The smallest absolute Gasteiger partial charge is 0.231 e. The van der Waals surface area contributed by atoms with E-state index in [0.717, 1.165) is 55.1 Å². The fraction of sp³-hybridized carbons (Fsp3) is 0.400. The van der Waals surface area contributed by atoms with Crippen LogP contribution in [0.1, 0.15) is 49.8 Å². The maximum Gasteiger partial charge on any atom is 0.231 e.